The molecule has 2 N–H and O–H groups in total. The van der Waals surface area contributed by atoms with Crippen molar-refractivity contribution in [3.8, 4) is 0 Å². The maximum Gasteiger partial charge on any atom is 0.252 e. The van der Waals surface area contributed by atoms with Crippen LogP contribution in [0.15, 0.2) is 27.0 Å². The van der Waals surface area contributed by atoms with Crippen LogP contribution in [0.5, 0.6) is 0 Å². The van der Waals surface area contributed by atoms with Crippen LogP contribution in [0.2, 0.25) is 0 Å². The highest BCUT2D eigenvalue weighted by atomic mass is 32.2. The first-order valence-electron chi connectivity index (χ1n) is 6.17. The molecule has 0 spiro atoms. The lowest BCUT2D eigenvalue weighted by atomic mass is 10.3. The predicted molar refractivity (Wildman–Crippen MR) is 77.5 cm³/mol. The third kappa shape index (κ3) is 2.60. The zero-order valence-electron chi connectivity index (χ0n) is 10.8. The first-order valence-corrected chi connectivity index (χ1v) is 7.05. The van der Waals surface area contributed by atoms with Crippen molar-refractivity contribution in [1.29, 1.82) is 0 Å². The maximum absolute atomic E-state index is 12.0. The highest BCUT2D eigenvalue weighted by Crippen LogP contribution is 2.30. The molecule has 0 fully saturated rings. The molecule has 8 heteroatoms. The van der Waals surface area contributed by atoms with Gasteiger partial charge in [0.25, 0.3) is 5.56 Å². The van der Waals surface area contributed by atoms with Crippen LogP contribution in [0.1, 0.15) is 12.2 Å². The van der Waals surface area contributed by atoms with Gasteiger partial charge in [0.15, 0.2) is 5.17 Å². The van der Waals surface area contributed by atoms with Crippen molar-refractivity contribution in [1.82, 2.24) is 14.9 Å². The summed E-state index contributed by atoms with van der Waals surface area (Å²) >= 11 is 1.54. The van der Waals surface area contributed by atoms with Gasteiger partial charge in [-0.1, -0.05) is 11.8 Å². The van der Waals surface area contributed by atoms with E-state index in [1.165, 1.54) is 17.8 Å². The molecule has 2 aliphatic rings. The van der Waals surface area contributed by atoms with Gasteiger partial charge >= 0.3 is 0 Å². The van der Waals surface area contributed by atoms with E-state index in [2.05, 4.69) is 20.3 Å². The van der Waals surface area contributed by atoms with E-state index in [-0.39, 0.29) is 23.7 Å². The fourth-order valence-corrected chi connectivity index (χ4v) is 3.06. The molecule has 0 atom stereocenters. The van der Waals surface area contributed by atoms with Crippen molar-refractivity contribution in [2.24, 2.45) is 4.99 Å². The maximum atomic E-state index is 12.0. The van der Waals surface area contributed by atoms with Crippen molar-refractivity contribution in [3.05, 3.63) is 33.3 Å². The molecule has 2 aliphatic heterocycles. The number of carbonyl (C=O) groups is 1. The lowest BCUT2D eigenvalue weighted by Gasteiger charge is -2.15. The van der Waals surface area contributed by atoms with E-state index in [4.69, 9.17) is 0 Å². The molecule has 104 valence electrons. The first kappa shape index (κ1) is 12.9. The highest BCUT2D eigenvalue weighted by molar-refractivity contribution is 8.16. The SMILES string of the molecule is Cc1nc(NC(=O)CC2=CSC3=NCCN23)cc(=O)[nH]1. The average molecular weight is 291 g/mol. The Kier molecular flexibility index (Phi) is 3.31. The molecule has 0 unspecified atom stereocenters. The zero-order valence-corrected chi connectivity index (χ0v) is 11.7. The number of nitrogens with one attached hydrogen (secondary N) is 2. The third-order valence-corrected chi connectivity index (χ3v) is 3.87. The summed E-state index contributed by atoms with van der Waals surface area (Å²) in [5.41, 5.74) is 0.655. The van der Waals surface area contributed by atoms with E-state index in [1.54, 1.807) is 6.92 Å². The smallest absolute Gasteiger partial charge is 0.252 e. The summed E-state index contributed by atoms with van der Waals surface area (Å²) in [6.45, 7) is 3.26. The Morgan fingerprint density at radius 2 is 2.45 bits per heavy atom. The summed E-state index contributed by atoms with van der Waals surface area (Å²) in [6, 6.07) is 1.27. The number of hydrogen-bond donors (Lipinski definition) is 2. The molecule has 0 saturated carbocycles. The van der Waals surface area contributed by atoms with E-state index in [9.17, 15) is 9.59 Å². The molecule has 20 heavy (non-hydrogen) atoms. The van der Waals surface area contributed by atoms with Gasteiger partial charge < -0.3 is 15.2 Å². The fourth-order valence-electron chi connectivity index (χ4n) is 2.11. The molecule has 0 aliphatic carbocycles. The molecular weight excluding hydrogens is 278 g/mol. The fraction of sp³-hybridized carbons (Fsp3) is 0.333. The molecule has 0 radical (unpaired) electrons. The van der Waals surface area contributed by atoms with Crippen LogP contribution in [-0.4, -0.2) is 39.0 Å². The molecular formula is C12H13N5O2S. The monoisotopic (exact) mass is 291 g/mol. The average Bonchev–Trinajstić information content (AvgIpc) is 2.92. The number of aromatic amines is 1. The molecule has 7 nitrogen and oxygen atoms in total. The zero-order chi connectivity index (χ0) is 14.1. The number of aryl methyl sites for hydroxylation is 1. The van der Waals surface area contributed by atoms with E-state index in [1.807, 2.05) is 10.3 Å². The van der Waals surface area contributed by atoms with Crippen LogP contribution >= 0.6 is 11.8 Å². The summed E-state index contributed by atoms with van der Waals surface area (Å²) in [4.78, 5) is 36.3. The summed E-state index contributed by atoms with van der Waals surface area (Å²) in [6.07, 6.45) is 0.250. The van der Waals surface area contributed by atoms with Crippen LogP contribution in [0.3, 0.4) is 0 Å². The number of H-pyrrole nitrogens is 1. The molecule has 1 aromatic heterocycles. The number of amidine groups is 1. The second kappa shape index (κ2) is 5.12. The molecule has 0 aromatic carbocycles. The van der Waals surface area contributed by atoms with Gasteiger partial charge in [0.05, 0.1) is 13.0 Å². The molecule has 1 amide bonds. The number of amides is 1. The van der Waals surface area contributed by atoms with Crippen molar-refractivity contribution in [2.45, 2.75) is 13.3 Å². The highest BCUT2D eigenvalue weighted by Gasteiger charge is 2.27. The number of anilines is 1. The van der Waals surface area contributed by atoms with Crippen LogP contribution < -0.4 is 10.9 Å². The standard InChI is InChI=1S/C12H13N5O2S/c1-7-14-9(5-11(19)15-7)16-10(18)4-8-6-20-12-13-2-3-17(8)12/h5-6H,2-4H2,1H3,(H2,14,15,16,18,19). The minimum atomic E-state index is -0.280. The lowest BCUT2D eigenvalue weighted by molar-refractivity contribution is -0.115. The van der Waals surface area contributed by atoms with Crippen LogP contribution in [0.25, 0.3) is 0 Å². The molecule has 1 aromatic rings. The first-order chi connectivity index (χ1) is 9.61. The minimum absolute atomic E-state index is 0.192. The topological polar surface area (TPSA) is 90.4 Å². The number of aromatic nitrogens is 2. The van der Waals surface area contributed by atoms with Crippen molar-refractivity contribution in [3.63, 3.8) is 0 Å². The number of aliphatic imine (C=N–C) groups is 1. The number of hydrogen-bond acceptors (Lipinski definition) is 6. The molecule has 3 heterocycles. The van der Waals surface area contributed by atoms with Gasteiger partial charge in [-0.25, -0.2) is 4.98 Å². The Balaban J connectivity index is 1.65. The van der Waals surface area contributed by atoms with Crippen molar-refractivity contribution in [2.75, 3.05) is 18.4 Å². The lowest BCUT2D eigenvalue weighted by Crippen LogP contribution is -2.25. The Hall–Kier alpha value is -2.09. The molecule has 0 bridgehead atoms. The number of nitrogens with zero attached hydrogens (tertiary/aromatic N) is 3. The Morgan fingerprint density at radius 1 is 1.60 bits per heavy atom. The quantitative estimate of drug-likeness (QED) is 0.854. The number of rotatable bonds is 3. The summed E-state index contributed by atoms with van der Waals surface area (Å²) in [5, 5.41) is 5.54. The minimum Gasteiger partial charge on any atom is -0.322 e. The summed E-state index contributed by atoms with van der Waals surface area (Å²) in [5.74, 6) is 0.553. The molecule has 3 rings (SSSR count). The van der Waals surface area contributed by atoms with Gasteiger partial charge in [0, 0.05) is 18.3 Å². The van der Waals surface area contributed by atoms with Gasteiger partial charge in [0.1, 0.15) is 11.6 Å². The van der Waals surface area contributed by atoms with Gasteiger partial charge in [-0.05, 0) is 12.3 Å². The number of carbonyl (C=O) groups excluding carboxylic acids is 1. The van der Waals surface area contributed by atoms with Crippen LogP contribution in [0.4, 0.5) is 5.82 Å². The Bertz CT molecular complexity index is 679. The molecule has 0 saturated heterocycles. The second-order valence-corrected chi connectivity index (χ2v) is 5.32. The third-order valence-electron chi connectivity index (χ3n) is 2.92. The normalized spacial score (nSPS) is 16.8. The predicted octanol–water partition coefficient (Wildman–Crippen LogP) is 0.667. The van der Waals surface area contributed by atoms with E-state index in [0.29, 0.717) is 5.82 Å². The Labute approximate surface area is 119 Å². The summed E-state index contributed by atoms with van der Waals surface area (Å²) in [7, 11) is 0. The van der Waals surface area contributed by atoms with E-state index in [0.717, 1.165) is 24.0 Å². The van der Waals surface area contributed by atoms with Crippen LogP contribution in [-0.2, 0) is 4.79 Å². The van der Waals surface area contributed by atoms with Gasteiger partial charge in [-0.15, -0.1) is 0 Å². The number of fused-ring (bicyclic) bond motifs is 1. The van der Waals surface area contributed by atoms with E-state index >= 15 is 0 Å². The Morgan fingerprint density at radius 3 is 3.25 bits per heavy atom. The van der Waals surface area contributed by atoms with E-state index < -0.39 is 0 Å². The van der Waals surface area contributed by atoms with Gasteiger partial charge in [0.2, 0.25) is 5.91 Å². The van der Waals surface area contributed by atoms with Gasteiger partial charge in [-0.2, -0.15) is 0 Å². The van der Waals surface area contributed by atoms with Crippen molar-refractivity contribution >= 4 is 28.7 Å². The van der Waals surface area contributed by atoms with Crippen molar-refractivity contribution < 1.29 is 4.79 Å². The van der Waals surface area contributed by atoms with Gasteiger partial charge in [-0.3, -0.25) is 14.6 Å². The largest absolute Gasteiger partial charge is 0.322 e. The van der Waals surface area contributed by atoms with Crippen LogP contribution in [0, 0.1) is 6.92 Å². The second-order valence-electron chi connectivity index (χ2n) is 4.48. The summed E-state index contributed by atoms with van der Waals surface area (Å²) < 4.78 is 0. The number of thioether (sulfide) groups is 1.